The molecule has 4 heterocycles. The monoisotopic (exact) mass is 353 g/mol. The van der Waals surface area contributed by atoms with E-state index < -0.39 is 0 Å². The number of carbonyl (C=O) groups is 1. The van der Waals surface area contributed by atoms with Gasteiger partial charge in [0.1, 0.15) is 12.3 Å². The van der Waals surface area contributed by atoms with Crippen LogP contribution in [0.5, 0.6) is 0 Å². The van der Waals surface area contributed by atoms with Crippen LogP contribution in [0.15, 0.2) is 35.5 Å². The van der Waals surface area contributed by atoms with Crippen LogP contribution in [0.4, 0.5) is 5.69 Å². The lowest BCUT2D eigenvalue weighted by molar-refractivity contribution is -0.151. The molecule has 2 aromatic heterocycles. The molecule has 0 aromatic carbocycles. The Balaban J connectivity index is 1.38. The maximum Gasteiger partial charge on any atom is 0.273 e. The lowest BCUT2D eigenvalue weighted by atomic mass is 9.71. The standard InChI is InChI=1S/C18H19N5O3/c19-7-13-8-20-6-1-14(13)21-10-18-4-2-17(3-5-18,11-26-18)23-16(24)15-9-25-12-22-15/h1,6,8-9,12H,2-5,10-11H2,(H,20,21)(H,23,24). The number of nitrogens with zero attached hydrogens (tertiary/aromatic N) is 3. The molecule has 1 saturated carbocycles. The van der Waals surface area contributed by atoms with Crippen LogP contribution >= 0.6 is 0 Å². The van der Waals surface area contributed by atoms with E-state index in [0.717, 1.165) is 31.4 Å². The number of nitrogens with one attached hydrogen (secondary N) is 2. The van der Waals surface area contributed by atoms with Crippen LogP contribution in [-0.2, 0) is 4.74 Å². The van der Waals surface area contributed by atoms with E-state index in [0.29, 0.717) is 18.7 Å². The fraction of sp³-hybridized carbons (Fsp3) is 0.444. The number of amides is 1. The van der Waals surface area contributed by atoms with Gasteiger partial charge in [0.15, 0.2) is 12.1 Å². The number of rotatable bonds is 5. The second-order valence-corrected chi connectivity index (χ2v) is 6.97. The van der Waals surface area contributed by atoms with Crippen molar-refractivity contribution in [3.8, 4) is 6.07 Å². The first-order valence-electron chi connectivity index (χ1n) is 8.56. The molecule has 26 heavy (non-hydrogen) atoms. The van der Waals surface area contributed by atoms with Crippen molar-refractivity contribution in [3.63, 3.8) is 0 Å². The van der Waals surface area contributed by atoms with Gasteiger partial charge in [0.2, 0.25) is 0 Å². The summed E-state index contributed by atoms with van der Waals surface area (Å²) in [6, 6.07) is 3.93. The number of hydrogen-bond donors (Lipinski definition) is 2. The van der Waals surface area contributed by atoms with Gasteiger partial charge >= 0.3 is 0 Å². The molecule has 0 unspecified atom stereocenters. The number of nitriles is 1. The number of anilines is 1. The lowest BCUT2D eigenvalue weighted by Gasteiger charge is -2.53. The van der Waals surface area contributed by atoms with Gasteiger partial charge in [-0.05, 0) is 31.7 Å². The topological polar surface area (TPSA) is 113 Å². The summed E-state index contributed by atoms with van der Waals surface area (Å²) in [5.74, 6) is -0.231. The average molecular weight is 353 g/mol. The zero-order chi connectivity index (χ0) is 18.0. The quantitative estimate of drug-likeness (QED) is 0.843. The molecular formula is C18H19N5O3. The predicted octanol–water partition coefficient (Wildman–Crippen LogP) is 1.86. The summed E-state index contributed by atoms with van der Waals surface area (Å²) in [5.41, 5.74) is 0.958. The van der Waals surface area contributed by atoms with Crippen molar-refractivity contribution in [2.24, 2.45) is 0 Å². The summed E-state index contributed by atoms with van der Waals surface area (Å²) in [6.07, 6.45) is 9.17. The summed E-state index contributed by atoms with van der Waals surface area (Å²) in [4.78, 5) is 20.1. The number of carbonyl (C=O) groups excluding carboxylic acids is 1. The Kier molecular flexibility index (Phi) is 4.09. The van der Waals surface area contributed by atoms with E-state index in [1.54, 1.807) is 18.5 Å². The molecule has 8 nitrogen and oxygen atoms in total. The van der Waals surface area contributed by atoms with Crippen LogP contribution in [0.2, 0.25) is 0 Å². The van der Waals surface area contributed by atoms with E-state index in [1.807, 2.05) is 0 Å². The summed E-state index contributed by atoms with van der Waals surface area (Å²) in [7, 11) is 0. The van der Waals surface area contributed by atoms with Gasteiger partial charge in [0.05, 0.1) is 29.0 Å². The molecule has 1 aliphatic carbocycles. The van der Waals surface area contributed by atoms with E-state index in [4.69, 9.17) is 14.4 Å². The first-order valence-corrected chi connectivity index (χ1v) is 8.56. The zero-order valence-corrected chi connectivity index (χ0v) is 14.2. The zero-order valence-electron chi connectivity index (χ0n) is 14.2. The van der Waals surface area contributed by atoms with Crippen LogP contribution < -0.4 is 10.6 Å². The van der Waals surface area contributed by atoms with Gasteiger partial charge in [-0.25, -0.2) is 4.98 Å². The second kappa shape index (κ2) is 6.42. The fourth-order valence-corrected chi connectivity index (χ4v) is 3.68. The van der Waals surface area contributed by atoms with E-state index in [9.17, 15) is 4.79 Å². The number of aromatic nitrogens is 2. The van der Waals surface area contributed by atoms with E-state index in [-0.39, 0.29) is 22.7 Å². The maximum absolute atomic E-state index is 12.3. The third-order valence-electron chi connectivity index (χ3n) is 5.36. The van der Waals surface area contributed by atoms with E-state index in [1.165, 1.54) is 12.7 Å². The molecule has 2 aliphatic heterocycles. The van der Waals surface area contributed by atoms with E-state index >= 15 is 0 Å². The van der Waals surface area contributed by atoms with Crippen LogP contribution in [0.1, 0.15) is 41.7 Å². The molecule has 8 heteroatoms. The second-order valence-electron chi connectivity index (χ2n) is 6.97. The van der Waals surface area contributed by atoms with Crippen molar-refractivity contribution in [1.29, 1.82) is 5.26 Å². The minimum Gasteiger partial charge on any atom is -0.451 e. The molecule has 5 rings (SSSR count). The highest BCUT2D eigenvalue weighted by atomic mass is 16.5. The van der Waals surface area contributed by atoms with Crippen molar-refractivity contribution in [2.45, 2.75) is 36.8 Å². The van der Waals surface area contributed by atoms with Crippen LogP contribution in [-0.4, -0.2) is 40.2 Å². The van der Waals surface area contributed by atoms with Crippen molar-refractivity contribution in [3.05, 3.63) is 42.4 Å². The highest BCUT2D eigenvalue weighted by Crippen LogP contribution is 2.43. The molecule has 3 aliphatic rings. The molecule has 134 valence electrons. The summed E-state index contributed by atoms with van der Waals surface area (Å²) in [6.45, 7) is 1.10. The summed E-state index contributed by atoms with van der Waals surface area (Å²) >= 11 is 0. The number of fused-ring (bicyclic) bond motifs is 3. The first kappa shape index (κ1) is 16.5. The first-order chi connectivity index (χ1) is 12.6. The molecule has 0 atom stereocenters. The summed E-state index contributed by atoms with van der Waals surface area (Å²) in [5, 5.41) is 15.6. The Morgan fingerprint density at radius 1 is 1.35 bits per heavy atom. The van der Waals surface area contributed by atoms with Gasteiger partial charge in [-0.1, -0.05) is 0 Å². The Morgan fingerprint density at radius 2 is 2.19 bits per heavy atom. The molecule has 2 aromatic rings. The minimum absolute atomic E-state index is 0.231. The molecule has 2 bridgehead atoms. The van der Waals surface area contributed by atoms with Gasteiger partial charge in [-0.2, -0.15) is 5.26 Å². The Morgan fingerprint density at radius 3 is 2.85 bits per heavy atom. The van der Waals surface area contributed by atoms with Crippen molar-refractivity contribution >= 4 is 11.6 Å². The van der Waals surface area contributed by atoms with Crippen molar-refractivity contribution in [2.75, 3.05) is 18.5 Å². The number of pyridine rings is 1. The van der Waals surface area contributed by atoms with Crippen molar-refractivity contribution in [1.82, 2.24) is 15.3 Å². The Bertz CT molecular complexity index is 818. The molecule has 3 fully saturated rings. The molecule has 1 amide bonds. The predicted molar refractivity (Wildman–Crippen MR) is 91.3 cm³/mol. The third kappa shape index (κ3) is 3.02. The van der Waals surface area contributed by atoms with Gasteiger partial charge in [0, 0.05) is 18.9 Å². The Labute approximate surface area is 150 Å². The van der Waals surface area contributed by atoms with Gasteiger partial charge < -0.3 is 19.8 Å². The van der Waals surface area contributed by atoms with Crippen molar-refractivity contribution < 1.29 is 13.9 Å². The number of hydrogen-bond acceptors (Lipinski definition) is 7. The minimum atomic E-state index is -0.341. The molecule has 0 radical (unpaired) electrons. The largest absolute Gasteiger partial charge is 0.451 e. The number of oxazole rings is 1. The van der Waals surface area contributed by atoms with E-state index in [2.05, 4.69) is 26.7 Å². The highest BCUT2D eigenvalue weighted by molar-refractivity contribution is 5.92. The summed E-state index contributed by atoms with van der Waals surface area (Å²) < 4.78 is 11.0. The number of ether oxygens (including phenoxy) is 1. The molecular weight excluding hydrogens is 334 g/mol. The molecule has 0 spiro atoms. The fourth-order valence-electron chi connectivity index (χ4n) is 3.68. The van der Waals surface area contributed by atoms with Crippen LogP contribution in [0, 0.1) is 11.3 Å². The highest BCUT2D eigenvalue weighted by Gasteiger charge is 2.50. The molecule has 2 N–H and O–H groups in total. The smallest absolute Gasteiger partial charge is 0.273 e. The Hall–Kier alpha value is -2.92. The molecule has 2 saturated heterocycles. The normalized spacial score (nSPS) is 26.9. The van der Waals surface area contributed by atoms with Gasteiger partial charge in [-0.15, -0.1) is 0 Å². The maximum atomic E-state index is 12.3. The van der Waals surface area contributed by atoms with Crippen LogP contribution in [0.25, 0.3) is 0 Å². The lowest BCUT2D eigenvalue weighted by Crippen LogP contribution is -2.64. The third-order valence-corrected chi connectivity index (χ3v) is 5.36. The van der Waals surface area contributed by atoms with Gasteiger partial charge in [-0.3, -0.25) is 9.78 Å². The van der Waals surface area contributed by atoms with Gasteiger partial charge in [0.25, 0.3) is 5.91 Å². The SMILES string of the molecule is N#Cc1cnccc1NCC12CCC(NC(=O)c3cocn3)(CC1)CO2. The van der Waals surface area contributed by atoms with Crippen LogP contribution in [0.3, 0.4) is 0 Å². The average Bonchev–Trinajstić information content (AvgIpc) is 3.23.